The van der Waals surface area contributed by atoms with Crippen LogP contribution in [0, 0.1) is 0 Å². The predicted molar refractivity (Wildman–Crippen MR) is 104 cm³/mol. The monoisotopic (exact) mass is 360 g/mol. The number of hydrogen-bond donors (Lipinski definition) is 2. The zero-order chi connectivity index (χ0) is 18.9. The van der Waals surface area contributed by atoms with Gasteiger partial charge in [-0.15, -0.1) is 0 Å². The summed E-state index contributed by atoms with van der Waals surface area (Å²) < 4.78 is 0. The SMILES string of the molecule is O/N=C(/CC(C/C(=N/O)c1ccccn1)c1ccccc1)c1ccccn1. The second-order valence-corrected chi connectivity index (χ2v) is 6.04. The number of benzene rings is 1. The van der Waals surface area contributed by atoms with Gasteiger partial charge < -0.3 is 10.4 Å². The van der Waals surface area contributed by atoms with Gasteiger partial charge in [-0.3, -0.25) is 9.97 Å². The molecule has 0 saturated heterocycles. The topological polar surface area (TPSA) is 91.0 Å². The highest BCUT2D eigenvalue weighted by molar-refractivity contribution is 6.01. The largest absolute Gasteiger partial charge is 0.411 e. The lowest BCUT2D eigenvalue weighted by Crippen LogP contribution is -2.15. The molecule has 2 aromatic heterocycles. The van der Waals surface area contributed by atoms with Gasteiger partial charge in [-0.2, -0.15) is 0 Å². The number of oxime groups is 2. The van der Waals surface area contributed by atoms with Crippen LogP contribution in [0.4, 0.5) is 0 Å². The maximum absolute atomic E-state index is 9.54. The fourth-order valence-corrected chi connectivity index (χ4v) is 2.96. The van der Waals surface area contributed by atoms with Crippen LogP contribution < -0.4 is 0 Å². The van der Waals surface area contributed by atoms with E-state index in [1.165, 1.54) is 0 Å². The molecular formula is C21H20N4O2. The summed E-state index contributed by atoms with van der Waals surface area (Å²) in [4.78, 5) is 8.54. The van der Waals surface area contributed by atoms with Gasteiger partial charge in [0.25, 0.3) is 0 Å². The molecule has 3 aromatic rings. The Balaban J connectivity index is 1.90. The number of aromatic nitrogens is 2. The quantitative estimate of drug-likeness (QED) is 0.377. The van der Waals surface area contributed by atoms with E-state index < -0.39 is 0 Å². The van der Waals surface area contributed by atoms with Gasteiger partial charge in [0.2, 0.25) is 0 Å². The van der Waals surface area contributed by atoms with Crippen molar-refractivity contribution in [3.05, 3.63) is 96.1 Å². The molecule has 0 aliphatic heterocycles. The molecule has 0 saturated carbocycles. The fourth-order valence-electron chi connectivity index (χ4n) is 2.96. The molecule has 6 nitrogen and oxygen atoms in total. The van der Waals surface area contributed by atoms with Crippen LogP contribution >= 0.6 is 0 Å². The lowest BCUT2D eigenvalue weighted by molar-refractivity contribution is 0.316. The predicted octanol–water partition coefficient (Wildman–Crippen LogP) is 4.10. The lowest BCUT2D eigenvalue weighted by Gasteiger charge is -2.18. The molecule has 0 atom stereocenters. The van der Waals surface area contributed by atoms with Crippen LogP contribution in [0.25, 0.3) is 0 Å². The first kappa shape index (κ1) is 18.3. The van der Waals surface area contributed by atoms with Gasteiger partial charge in [-0.1, -0.05) is 52.8 Å². The first-order chi connectivity index (χ1) is 13.3. The Morgan fingerprint density at radius 3 is 1.59 bits per heavy atom. The maximum Gasteiger partial charge on any atom is 0.106 e. The third-order valence-electron chi connectivity index (χ3n) is 4.31. The van der Waals surface area contributed by atoms with E-state index in [4.69, 9.17) is 0 Å². The molecule has 2 N–H and O–H groups in total. The summed E-state index contributed by atoms with van der Waals surface area (Å²) in [5.41, 5.74) is 3.22. The molecule has 27 heavy (non-hydrogen) atoms. The minimum Gasteiger partial charge on any atom is -0.411 e. The van der Waals surface area contributed by atoms with Gasteiger partial charge >= 0.3 is 0 Å². The standard InChI is InChI=1S/C21H20N4O2/c26-24-20(18-10-4-6-12-22-18)14-17(16-8-2-1-3-9-16)15-21(25-27)19-11-5-7-13-23-19/h1-13,17,26-27H,14-15H2/b24-20-,25-21-. The number of pyridine rings is 2. The third kappa shape index (κ3) is 4.76. The van der Waals surface area contributed by atoms with Crippen LogP contribution in [0.5, 0.6) is 0 Å². The minimum atomic E-state index is -0.0768. The van der Waals surface area contributed by atoms with E-state index in [0.29, 0.717) is 35.7 Å². The van der Waals surface area contributed by atoms with E-state index >= 15 is 0 Å². The summed E-state index contributed by atoms with van der Waals surface area (Å²) in [7, 11) is 0. The smallest absolute Gasteiger partial charge is 0.106 e. The molecule has 0 amide bonds. The molecule has 136 valence electrons. The van der Waals surface area contributed by atoms with Crippen molar-refractivity contribution in [3.8, 4) is 0 Å². The van der Waals surface area contributed by atoms with Gasteiger partial charge in [0.1, 0.15) is 11.4 Å². The van der Waals surface area contributed by atoms with E-state index in [2.05, 4.69) is 20.3 Å². The van der Waals surface area contributed by atoms with Gasteiger partial charge in [-0.25, -0.2) is 0 Å². The van der Waals surface area contributed by atoms with Gasteiger partial charge in [0.15, 0.2) is 0 Å². The minimum absolute atomic E-state index is 0.0768. The Morgan fingerprint density at radius 2 is 1.19 bits per heavy atom. The summed E-state index contributed by atoms with van der Waals surface area (Å²) in [5, 5.41) is 26.0. The van der Waals surface area contributed by atoms with Gasteiger partial charge in [0, 0.05) is 25.2 Å². The molecule has 1 aromatic carbocycles. The summed E-state index contributed by atoms with van der Waals surface area (Å²) in [6.45, 7) is 0. The van der Waals surface area contributed by atoms with Crippen LogP contribution in [0.1, 0.15) is 35.7 Å². The zero-order valence-corrected chi connectivity index (χ0v) is 14.7. The fraction of sp³-hybridized carbons (Fsp3) is 0.143. The van der Waals surface area contributed by atoms with Crippen LogP contribution in [0.3, 0.4) is 0 Å². The molecule has 0 unspecified atom stereocenters. The van der Waals surface area contributed by atoms with E-state index in [1.807, 2.05) is 54.6 Å². The Kier molecular flexibility index (Phi) is 6.25. The average molecular weight is 360 g/mol. The van der Waals surface area contributed by atoms with Crippen molar-refractivity contribution in [3.63, 3.8) is 0 Å². The highest BCUT2D eigenvalue weighted by atomic mass is 16.4. The Morgan fingerprint density at radius 1 is 0.704 bits per heavy atom. The molecule has 3 rings (SSSR count). The van der Waals surface area contributed by atoms with Crippen molar-refractivity contribution >= 4 is 11.4 Å². The molecule has 0 spiro atoms. The first-order valence-corrected chi connectivity index (χ1v) is 8.61. The Labute approximate surface area is 157 Å². The molecule has 0 fully saturated rings. The molecule has 6 heteroatoms. The highest BCUT2D eigenvalue weighted by Crippen LogP contribution is 2.27. The summed E-state index contributed by atoms with van der Waals surface area (Å²) in [6, 6.07) is 20.8. The van der Waals surface area contributed by atoms with Gasteiger partial charge in [-0.05, 0) is 35.7 Å². The number of rotatable bonds is 7. The summed E-state index contributed by atoms with van der Waals surface area (Å²) >= 11 is 0. The Bertz CT molecular complexity index is 840. The summed E-state index contributed by atoms with van der Waals surface area (Å²) in [6.07, 6.45) is 4.19. The lowest BCUT2D eigenvalue weighted by atomic mass is 9.87. The van der Waals surface area contributed by atoms with Crippen LogP contribution in [0.2, 0.25) is 0 Å². The average Bonchev–Trinajstić information content (AvgIpc) is 2.76. The number of hydrogen-bond acceptors (Lipinski definition) is 6. The van der Waals surface area contributed by atoms with E-state index in [0.717, 1.165) is 5.56 Å². The van der Waals surface area contributed by atoms with Crippen LogP contribution in [-0.4, -0.2) is 31.8 Å². The van der Waals surface area contributed by atoms with E-state index in [1.54, 1.807) is 24.5 Å². The second kappa shape index (κ2) is 9.24. The van der Waals surface area contributed by atoms with Gasteiger partial charge in [0.05, 0.1) is 11.4 Å². The molecule has 0 aliphatic rings. The van der Waals surface area contributed by atoms with Crippen molar-refractivity contribution in [2.75, 3.05) is 0 Å². The number of nitrogens with zero attached hydrogens (tertiary/aromatic N) is 4. The van der Waals surface area contributed by atoms with Crippen molar-refractivity contribution in [1.29, 1.82) is 0 Å². The second-order valence-electron chi connectivity index (χ2n) is 6.04. The van der Waals surface area contributed by atoms with Crippen molar-refractivity contribution in [2.24, 2.45) is 10.3 Å². The first-order valence-electron chi connectivity index (χ1n) is 8.61. The van der Waals surface area contributed by atoms with Crippen LogP contribution in [-0.2, 0) is 0 Å². The van der Waals surface area contributed by atoms with Crippen molar-refractivity contribution in [1.82, 2.24) is 9.97 Å². The summed E-state index contributed by atoms with van der Waals surface area (Å²) in [5.74, 6) is -0.0768. The van der Waals surface area contributed by atoms with E-state index in [-0.39, 0.29) is 5.92 Å². The molecular weight excluding hydrogens is 340 g/mol. The van der Waals surface area contributed by atoms with Crippen molar-refractivity contribution in [2.45, 2.75) is 18.8 Å². The molecule has 0 aliphatic carbocycles. The normalized spacial score (nSPS) is 12.3. The third-order valence-corrected chi connectivity index (χ3v) is 4.31. The van der Waals surface area contributed by atoms with Crippen molar-refractivity contribution < 1.29 is 10.4 Å². The Hall–Kier alpha value is -3.54. The highest BCUT2D eigenvalue weighted by Gasteiger charge is 2.21. The molecule has 0 radical (unpaired) electrons. The maximum atomic E-state index is 9.54. The molecule has 2 heterocycles. The molecule has 0 bridgehead atoms. The van der Waals surface area contributed by atoms with E-state index in [9.17, 15) is 10.4 Å². The van der Waals surface area contributed by atoms with Crippen LogP contribution in [0.15, 0.2) is 89.4 Å². The zero-order valence-electron chi connectivity index (χ0n) is 14.7.